The van der Waals surface area contributed by atoms with Gasteiger partial charge >= 0.3 is 18.1 Å². The largest absolute Gasteiger partial charge is 0.550 e. The molecule has 1 aromatic carbocycles. The summed E-state index contributed by atoms with van der Waals surface area (Å²) >= 11 is 0. The summed E-state index contributed by atoms with van der Waals surface area (Å²) in [7, 11) is 1.15. The number of esters is 1. The standard InChI is InChI=1S/C13H12F3NO5/c1-22-11(20)8-4-2-7(3-5-8)9(6-10(18)19)17-12(21)13(14,15)16/h2-5,9H,6H2,1H3,(H,17,21)(H,18,19)/p-1/t9-/m1/s1. The Morgan fingerprint density at radius 2 is 1.77 bits per heavy atom. The minimum Gasteiger partial charge on any atom is -0.550 e. The number of methoxy groups -OCH3 is 1. The van der Waals surface area contributed by atoms with E-state index in [2.05, 4.69) is 4.74 Å². The lowest BCUT2D eigenvalue weighted by molar-refractivity contribution is -0.306. The highest BCUT2D eigenvalue weighted by Crippen LogP contribution is 2.21. The molecule has 0 aromatic heterocycles. The summed E-state index contributed by atoms with van der Waals surface area (Å²) in [6.07, 6.45) is -5.99. The number of carbonyl (C=O) groups is 3. The third-order valence-corrected chi connectivity index (χ3v) is 2.67. The first-order chi connectivity index (χ1) is 10.1. The number of carbonyl (C=O) groups excluding carboxylic acids is 3. The number of ether oxygens (including phenoxy) is 1. The van der Waals surface area contributed by atoms with Gasteiger partial charge in [-0.1, -0.05) is 12.1 Å². The summed E-state index contributed by atoms with van der Waals surface area (Å²) in [5, 5.41) is 12.2. The molecule has 1 atom stereocenters. The van der Waals surface area contributed by atoms with Gasteiger partial charge in [0.2, 0.25) is 0 Å². The molecule has 0 bridgehead atoms. The van der Waals surface area contributed by atoms with Crippen LogP contribution in [0.4, 0.5) is 13.2 Å². The van der Waals surface area contributed by atoms with E-state index in [9.17, 15) is 32.7 Å². The van der Waals surface area contributed by atoms with Crippen molar-refractivity contribution in [1.82, 2.24) is 5.32 Å². The van der Waals surface area contributed by atoms with Crippen molar-refractivity contribution in [3.05, 3.63) is 35.4 Å². The SMILES string of the molecule is COC(=O)c1ccc([C@@H](CC(=O)[O-])NC(=O)C(F)(F)F)cc1. The summed E-state index contributed by atoms with van der Waals surface area (Å²) in [6.45, 7) is 0. The van der Waals surface area contributed by atoms with Crippen molar-refractivity contribution in [1.29, 1.82) is 0 Å². The zero-order valence-corrected chi connectivity index (χ0v) is 11.3. The molecule has 0 saturated heterocycles. The number of carboxylic acid groups (broad SMARTS) is 1. The van der Waals surface area contributed by atoms with Gasteiger partial charge in [0.15, 0.2) is 0 Å². The molecule has 1 amide bonds. The highest BCUT2D eigenvalue weighted by Gasteiger charge is 2.39. The van der Waals surface area contributed by atoms with Gasteiger partial charge in [0.1, 0.15) is 0 Å². The Morgan fingerprint density at radius 1 is 1.23 bits per heavy atom. The molecule has 0 aliphatic carbocycles. The van der Waals surface area contributed by atoms with Crippen LogP contribution in [0.2, 0.25) is 0 Å². The number of benzene rings is 1. The van der Waals surface area contributed by atoms with Crippen molar-refractivity contribution in [2.75, 3.05) is 7.11 Å². The molecule has 0 spiro atoms. The normalized spacial score (nSPS) is 12.4. The van der Waals surface area contributed by atoms with Crippen LogP contribution in [0.1, 0.15) is 28.4 Å². The molecule has 9 heteroatoms. The molecule has 1 aromatic rings. The first-order valence-corrected chi connectivity index (χ1v) is 5.91. The number of hydrogen-bond donors (Lipinski definition) is 1. The van der Waals surface area contributed by atoms with Crippen LogP contribution in [0.25, 0.3) is 0 Å². The smallest absolute Gasteiger partial charge is 0.471 e. The van der Waals surface area contributed by atoms with Gasteiger partial charge < -0.3 is 20.0 Å². The topological polar surface area (TPSA) is 95.5 Å². The lowest BCUT2D eigenvalue weighted by atomic mass is 10.0. The van der Waals surface area contributed by atoms with E-state index in [1.165, 1.54) is 24.3 Å². The molecule has 1 N–H and O–H groups in total. The van der Waals surface area contributed by atoms with E-state index in [0.717, 1.165) is 7.11 Å². The number of nitrogens with one attached hydrogen (secondary N) is 1. The highest BCUT2D eigenvalue weighted by molar-refractivity contribution is 5.89. The van der Waals surface area contributed by atoms with Crippen LogP contribution in [0.5, 0.6) is 0 Å². The Bertz CT molecular complexity index is 568. The molecule has 0 aliphatic heterocycles. The van der Waals surface area contributed by atoms with E-state index in [4.69, 9.17) is 0 Å². The quantitative estimate of drug-likeness (QED) is 0.790. The molecule has 0 fully saturated rings. The number of aliphatic carboxylic acids is 1. The number of hydrogen-bond acceptors (Lipinski definition) is 5. The number of rotatable bonds is 5. The fraction of sp³-hybridized carbons (Fsp3) is 0.308. The Morgan fingerprint density at radius 3 is 2.18 bits per heavy atom. The number of halogens is 3. The van der Waals surface area contributed by atoms with Crippen LogP contribution in [-0.2, 0) is 14.3 Å². The minimum absolute atomic E-state index is 0.0782. The molecule has 0 aliphatic rings. The third-order valence-electron chi connectivity index (χ3n) is 2.67. The zero-order valence-electron chi connectivity index (χ0n) is 11.3. The predicted octanol–water partition coefficient (Wildman–Crippen LogP) is 0.333. The van der Waals surface area contributed by atoms with Gasteiger partial charge in [-0.25, -0.2) is 4.79 Å². The van der Waals surface area contributed by atoms with Crippen molar-refractivity contribution < 1.29 is 37.4 Å². The van der Waals surface area contributed by atoms with Crippen LogP contribution in [0, 0.1) is 0 Å². The molecule has 22 heavy (non-hydrogen) atoms. The Kier molecular flexibility index (Phi) is 5.50. The van der Waals surface area contributed by atoms with Crippen LogP contribution in [0.15, 0.2) is 24.3 Å². The van der Waals surface area contributed by atoms with E-state index in [1.54, 1.807) is 5.32 Å². The second-order valence-corrected chi connectivity index (χ2v) is 4.21. The van der Waals surface area contributed by atoms with Crippen LogP contribution in [-0.4, -0.2) is 31.1 Å². The number of amides is 1. The summed E-state index contributed by atoms with van der Waals surface area (Å²) in [5.74, 6) is -4.57. The zero-order chi connectivity index (χ0) is 16.9. The van der Waals surface area contributed by atoms with E-state index in [0.29, 0.717) is 0 Å². The maximum atomic E-state index is 12.2. The van der Waals surface area contributed by atoms with Gasteiger partial charge in [-0.15, -0.1) is 0 Å². The number of carboxylic acids is 1. The molecular weight excluding hydrogens is 307 g/mol. The molecular formula is C13H11F3NO5-. The van der Waals surface area contributed by atoms with Crippen molar-refractivity contribution in [3.8, 4) is 0 Å². The van der Waals surface area contributed by atoms with Crippen molar-refractivity contribution >= 4 is 17.8 Å². The monoisotopic (exact) mass is 318 g/mol. The van der Waals surface area contributed by atoms with E-state index >= 15 is 0 Å². The average Bonchev–Trinajstić information content (AvgIpc) is 2.44. The molecule has 0 heterocycles. The van der Waals surface area contributed by atoms with Gasteiger partial charge in [-0.05, 0) is 17.7 Å². The lowest BCUT2D eigenvalue weighted by Gasteiger charge is -2.20. The molecule has 120 valence electrons. The van der Waals surface area contributed by atoms with Gasteiger partial charge in [0.25, 0.3) is 0 Å². The molecule has 1 rings (SSSR count). The van der Waals surface area contributed by atoms with Gasteiger partial charge in [0, 0.05) is 12.4 Å². The van der Waals surface area contributed by atoms with Gasteiger partial charge in [-0.3, -0.25) is 4.79 Å². The molecule has 0 radical (unpaired) electrons. The summed E-state index contributed by atoms with van der Waals surface area (Å²) in [6, 6.07) is 3.48. The highest BCUT2D eigenvalue weighted by atomic mass is 19.4. The second-order valence-electron chi connectivity index (χ2n) is 4.21. The maximum Gasteiger partial charge on any atom is 0.471 e. The fourth-order valence-electron chi connectivity index (χ4n) is 1.63. The summed E-state index contributed by atoms with van der Waals surface area (Å²) in [5.41, 5.74) is 0.204. The first kappa shape index (κ1) is 17.5. The fourth-order valence-corrected chi connectivity index (χ4v) is 1.63. The average molecular weight is 318 g/mol. The summed E-state index contributed by atoms with van der Waals surface area (Å²) in [4.78, 5) is 32.8. The lowest BCUT2D eigenvalue weighted by Crippen LogP contribution is -2.41. The third kappa shape index (κ3) is 4.76. The van der Waals surface area contributed by atoms with Crippen molar-refractivity contribution in [2.45, 2.75) is 18.6 Å². The van der Waals surface area contributed by atoms with E-state index in [1.807, 2.05) is 0 Å². The van der Waals surface area contributed by atoms with E-state index < -0.39 is 36.5 Å². The first-order valence-electron chi connectivity index (χ1n) is 5.91. The van der Waals surface area contributed by atoms with Crippen molar-refractivity contribution in [3.63, 3.8) is 0 Å². The van der Waals surface area contributed by atoms with Crippen LogP contribution >= 0.6 is 0 Å². The van der Waals surface area contributed by atoms with Crippen molar-refractivity contribution in [2.24, 2.45) is 0 Å². The molecule has 6 nitrogen and oxygen atoms in total. The predicted molar refractivity (Wildman–Crippen MR) is 64.3 cm³/mol. The van der Waals surface area contributed by atoms with Crippen LogP contribution in [0.3, 0.4) is 0 Å². The Balaban J connectivity index is 2.99. The summed E-state index contributed by atoms with van der Waals surface area (Å²) < 4.78 is 41.2. The van der Waals surface area contributed by atoms with Gasteiger partial charge in [-0.2, -0.15) is 13.2 Å². The number of alkyl halides is 3. The minimum atomic E-state index is -5.14. The maximum absolute atomic E-state index is 12.2. The van der Waals surface area contributed by atoms with Gasteiger partial charge in [0.05, 0.1) is 18.7 Å². The molecule has 0 saturated carbocycles. The molecule has 0 unspecified atom stereocenters. The van der Waals surface area contributed by atoms with E-state index in [-0.39, 0.29) is 11.1 Å². The Labute approximate surface area is 122 Å². The Hall–Kier alpha value is -2.58. The second kappa shape index (κ2) is 6.92. The van der Waals surface area contributed by atoms with Crippen LogP contribution < -0.4 is 10.4 Å².